The molecule has 0 aromatic heterocycles. The number of sulfonamides is 1. The van der Waals surface area contributed by atoms with E-state index in [4.69, 9.17) is 5.26 Å². The van der Waals surface area contributed by atoms with Gasteiger partial charge in [-0.2, -0.15) is 5.26 Å². The van der Waals surface area contributed by atoms with Gasteiger partial charge in [0.2, 0.25) is 10.0 Å². The molecule has 0 aromatic carbocycles. The first-order chi connectivity index (χ1) is 6.43. The summed E-state index contributed by atoms with van der Waals surface area (Å²) in [6.07, 6.45) is 1.91. The van der Waals surface area contributed by atoms with Crippen LogP contribution in [0.15, 0.2) is 0 Å². The van der Waals surface area contributed by atoms with E-state index >= 15 is 0 Å². The maximum Gasteiger partial charge on any atom is 0.250 e. The van der Waals surface area contributed by atoms with Crippen molar-refractivity contribution in [2.45, 2.75) is 26.3 Å². The second-order valence-electron chi connectivity index (χ2n) is 2.76. The Bertz CT molecular complexity index is 331. The quantitative estimate of drug-likeness (QED) is 0.472. The molecule has 2 N–H and O–H groups in total. The molecule has 0 fully saturated rings. The highest BCUT2D eigenvalue weighted by Crippen LogP contribution is 1.92. The van der Waals surface area contributed by atoms with E-state index in [1.54, 1.807) is 6.92 Å². The summed E-state index contributed by atoms with van der Waals surface area (Å²) >= 11 is 0. The first-order valence-electron chi connectivity index (χ1n) is 4.12. The van der Waals surface area contributed by atoms with E-state index < -0.39 is 22.0 Å². The second-order valence-corrected chi connectivity index (χ2v) is 4.63. The molecule has 80 valence electrons. The fraction of sp³-hybridized carbons (Fsp3) is 0.714. The van der Waals surface area contributed by atoms with E-state index in [1.165, 1.54) is 13.1 Å². The predicted molar refractivity (Wildman–Crippen MR) is 50.4 cm³/mol. The van der Waals surface area contributed by atoms with Gasteiger partial charge in [0.05, 0.1) is 11.8 Å². The number of nitrogens with one attached hydrogen (secondary N) is 2. The molecule has 0 aliphatic heterocycles. The first kappa shape index (κ1) is 12.9. The number of amides is 1. The lowest BCUT2D eigenvalue weighted by atomic mass is 10.3. The fourth-order valence-electron chi connectivity index (χ4n) is 0.814. The molecule has 1 atom stereocenters. The number of hydrogen-bond acceptors (Lipinski definition) is 4. The van der Waals surface area contributed by atoms with Gasteiger partial charge >= 0.3 is 0 Å². The summed E-state index contributed by atoms with van der Waals surface area (Å²) in [5.41, 5.74) is 0. The van der Waals surface area contributed by atoms with Crippen LogP contribution in [-0.4, -0.2) is 26.1 Å². The molecule has 1 unspecified atom stereocenters. The Kier molecular flexibility index (Phi) is 5.12. The summed E-state index contributed by atoms with van der Waals surface area (Å²) in [4.78, 5) is 11.0. The highest BCUT2D eigenvalue weighted by molar-refractivity contribution is 7.89. The molecule has 0 saturated carbocycles. The number of nitrogens with zero attached hydrogens (tertiary/aromatic N) is 1. The van der Waals surface area contributed by atoms with Crippen LogP contribution < -0.4 is 10.0 Å². The minimum Gasteiger partial charge on any atom is -0.272 e. The second kappa shape index (κ2) is 5.57. The maximum absolute atomic E-state index is 11.2. The normalized spacial score (nSPS) is 12.9. The van der Waals surface area contributed by atoms with Gasteiger partial charge in [0, 0.05) is 0 Å². The lowest BCUT2D eigenvalue weighted by Gasteiger charge is -2.10. The molecule has 6 nitrogen and oxygen atoms in total. The molecule has 0 rings (SSSR count). The largest absolute Gasteiger partial charge is 0.272 e. The molecule has 7 heteroatoms. The summed E-state index contributed by atoms with van der Waals surface area (Å²) in [6.45, 7) is 3.10. The zero-order chi connectivity index (χ0) is 11.2. The topological polar surface area (TPSA) is 99.1 Å². The molecule has 14 heavy (non-hydrogen) atoms. The molecule has 0 radical (unpaired) electrons. The lowest BCUT2D eigenvalue weighted by Crippen LogP contribution is -2.44. The average molecular weight is 219 g/mol. The van der Waals surface area contributed by atoms with Gasteiger partial charge in [0.25, 0.3) is 5.91 Å². The van der Waals surface area contributed by atoms with Crippen molar-refractivity contribution in [1.82, 2.24) is 10.0 Å². The van der Waals surface area contributed by atoms with Gasteiger partial charge in [-0.15, -0.1) is 0 Å². The van der Waals surface area contributed by atoms with Crippen molar-refractivity contribution >= 4 is 15.9 Å². The van der Waals surface area contributed by atoms with Crippen molar-refractivity contribution < 1.29 is 13.2 Å². The summed E-state index contributed by atoms with van der Waals surface area (Å²) in [7, 11) is -3.41. The lowest BCUT2D eigenvalue weighted by molar-refractivity contribution is -0.121. The molecular weight excluding hydrogens is 206 g/mol. The van der Waals surface area contributed by atoms with Crippen molar-refractivity contribution in [3.05, 3.63) is 0 Å². The maximum atomic E-state index is 11.2. The Morgan fingerprint density at radius 1 is 1.57 bits per heavy atom. The summed E-state index contributed by atoms with van der Waals surface area (Å²) in [5, 5.41) is 9.98. The van der Waals surface area contributed by atoms with E-state index in [-0.39, 0.29) is 5.75 Å². The third-order valence-electron chi connectivity index (χ3n) is 1.40. The van der Waals surface area contributed by atoms with Crippen LogP contribution in [0.3, 0.4) is 0 Å². The zero-order valence-electron chi connectivity index (χ0n) is 8.07. The van der Waals surface area contributed by atoms with Crippen molar-refractivity contribution in [3.63, 3.8) is 0 Å². The van der Waals surface area contributed by atoms with Gasteiger partial charge in [-0.05, 0) is 13.3 Å². The standard InChI is InChI=1S/C7H13N3O3S/c1-3-4-14(12,13)10-6(2)7(11)9-5-8/h6,10H,3-4H2,1-2H3,(H,9,11). The van der Waals surface area contributed by atoms with Crippen LogP contribution in [0.1, 0.15) is 20.3 Å². The third-order valence-corrected chi connectivity index (χ3v) is 3.06. The zero-order valence-corrected chi connectivity index (χ0v) is 8.89. The first-order valence-corrected chi connectivity index (χ1v) is 5.77. The minimum atomic E-state index is -3.41. The van der Waals surface area contributed by atoms with Crippen LogP contribution in [0, 0.1) is 11.5 Å². The van der Waals surface area contributed by atoms with Crippen molar-refractivity contribution in [2.75, 3.05) is 5.75 Å². The molecule has 0 aliphatic carbocycles. The smallest absolute Gasteiger partial charge is 0.250 e. The van der Waals surface area contributed by atoms with E-state index in [0.717, 1.165) is 0 Å². The Balaban J connectivity index is 4.26. The minimum absolute atomic E-state index is 0.0306. The summed E-state index contributed by atoms with van der Waals surface area (Å²) < 4.78 is 24.5. The Morgan fingerprint density at radius 3 is 2.57 bits per heavy atom. The monoisotopic (exact) mass is 219 g/mol. The van der Waals surface area contributed by atoms with Gasteiger partial charge in [-0.1, -0.05) is 6.92 Å². The molecule has 0 heterocycles. The van der Waals surface area contributed by atoms with Crippen LogP contribution >= 0.6 is 0 Å². The van der Waals surface area contributed by atoms with Gasteiger partial charge in [0.1, 0.15) is 0 Å². The SMILES string of the molecule is CCCS(=O)(=O)NC(C)C(=O)NC#N. The Morgan fingerprint density at radius 2 is 2.14 bits per heavy atom. The molecule has 0 bridgehead atoms. The molecule has 0 aromatic rings. The highest BCUT2D eigenvalue weighted by atomic mass is 32.2. The highest BCUT2D eigenvalue weighted by Gasteiger charge is 2.18. The number of rotatable bonds is 5. The Hall–Kier alpha value is -1.13. The van der Waals surface area contributed by atoms with Crippen LogP contribution in [0.2, 0.25) is 0 Å². The van der Waals surface area contributed by atoms with Gasteiger partial charge in [0.15, 0.2) is 6.19 Å². The van der Waals surface area contributed by atoms with Crippen molar-refractivity contribution in [3.8, 4) is 6.19 Å². The van der Waals surface area contributed by atoms with E-state index in [2.05, 4.69) is 4.72 Å². The summed E-state index contributed by atoms with van der Waals surface area (Å²) in [6, 6.07) is -0.925. The van der Waals surface area contributed by atoms with Crippen LogP contribution in [-0.2, 0) is 14.8 Å². The van der Waals surface area contributed by atoms with Crippen LogP contribution in [0.5, 0.6) is 0 Å². The predicted octanol–water partition coefficient (Wildman–Crippen LogP) is -0.698. The molecular formula is C7H13N3O3S. The van der Waals surface area contributed by atoms with Crippen molar-refractivity contribution in [1.29, 1.82) is 5.26 Å². The molecule has 0 spiro atoms. The Labute approximate surface area is 83.3 Å². The number of carbonyl (C=O) groups excluding carboxylic acids is 1. The fourth-order valence-corrected chi connectivity index (χ4v) is 2.11. The molecule has 1 amide bonds. The average Bonchev–Trinajstić information content (AvgIpc) is 2.03. The van der Waals surface area contributed by atoms with E-state index in [9.17, 15) is 13.2 Å². The third kappa shape index (κ3) is 4.79. The van der Waals surface area contributed by atoms with E-state index in [1.807, 2.05) is 5.32 Å². The molecule has 0 aliphatic rings. The van der Waals surface area contributed by atoms with E-state index in [0.29, 0.717) is 6.42 Å². The number of nitriles is 1. The van der Waals surface area contributed by atoms with Crippen LogP contribution in [0.25, 0.3) is 0 Å². The van der Waals surface area contributed by atoms with Gasteiger partial charge in [-0.25, -0.2) is 13.1 Å². The molecule has 0 saturated heterocycles. The number of carbonyl (C=O) groups is 1. The van der Waals surface area contributed by atoms with Crippen molar-refractivity contribution in [2.24, 2.45) is 0 Å². The summed E-state index contributed by atoms with van der Waals surface area (Å²) in [5.74, 6) is -0.691. The van der Waals surface area contributed by atoms with Gasteiger partial charge in [-0.3, -0.25) is 10.1 Å². The number of hydrogen-bond donors (Lipinski definition) is 2. The van der Waals surface area contributed by atoms with Crippen LogP contribution in [0.4, 0.5) is 0 Å². The van der Waals surface area contributed by atoms with Gasteiger partial charge < -0.3 is 0 Å².